The van der Waals surface area contributed by atoms with E-state index in [1.807, 2.05) is 0 Å². The minimum absolute atomic E-state index is 0.687. The van der Waals surface area contributed by atoms with E-state index in [9.17, 15) is 0 Å². The first-order valence-electron chi connectivity index (χ1n) is 4.13. The van der Waals surface area contributed by atoms with E-state index < -0.39 is 0 Å². The first-order valence-corrected chi connectivity index (χ1v) is 4.13. The van der Waals surface area contributed by atoms with E-state index in [0.29, 0.717) is 5.57 Å². The van der Waals surface area contributed by atoms with Crippen LogP contribution in [-0.4, -0.2) is 24.5 Å². The van der Waals surface area contributed by atoms with Crippen molar-refractivity contribution in [3.05, 3.63) is 12.2 Å². The Kier molecular flexibility index (Phi) is 3.13. The molecule has 1 saturated heterocycles. The van der Waals surface area contributed by atoms with Crippen LogP contribution in [0.1, 0.15) is 19.3 Å². The average Bonchev–Trinajstić information content (AvgIpc) is 2.06. The first kappa shape index (κ1) is 8.29. The lowest BCUT2D eigenvalue weighted by Crippen LogP contribution is -2.31. The minimum Gasteiger partial charge on any atom is -0.298 e. The first-order chi connectivity index (χ1) is 5.33. The topological polar surface area (TPSA) is 27.0 Å². The predicted octanol–water partition coefficient (Wildman–Crippen LogP) is 1.55. The van der Waals surface area contributed by atoms with Crippen LogP contribution in [0.3, 0.4) is 0 Å². The summed E-state index contributed by atoms with van der Waals surface area (Å²) < 4.78 is 0. The molecule has 1 heterocycles. The highest BCUT2D eigenvalue weighted by atomic mass is 15.1. The number of rotatable bonds is 2. The van der Waals surface area contributed by atoms with Gasteiger partial charge in [-0.15, -0.1) is 0 Å². The van der Waals surface area contributed by atoms with Crippen LogP contribution in [0.15, 0.2) is 12.2 Å². The van der Waals surface area contributed by atoms with E-state index in [-0.39, 0.29) is 0 Å². The van der Waals surface area contributed by atoms with Crippen LogP contribution in [0.4, 0.5) is 0 Å². The summed E-state index contributed by atoms with van der Waals surface area (Å²) in [6.45, 7) is 6.72. The van der Waals surface area contributed by atoms with Crippen LogP contribution < -0.4 is 0 Å². The largest absolute Gasteiger partial charge is 0.298 e. The van der Waals surface area contributed by atoms with Crippen LogP contribution in [-0.2, 0) is 0 Å². The fourth-order valence-electron chi connectivity index (χ4n) is 1.42. The zero-order chi connectivity index (χ0) is 8.10. The van der Waals surface area contributed by atoms with Gasteiger partial charge in [-0.3, -0.25) is 4.90 Å². The number of hydrogen-bond donors (Lipinski definition) is 0. The normalized spacial score (nSPS) is 19.2. The molecule has 0 radical (unpaired) electrons. The molecule has 0 aromatic heterocycles. The van der Waals surface area contributed by atoms with Crippen molar-refractivity contribution in [1.29, 1.82) is 5.26 Å². The molecule has 1 rings (SSSR count). The van der Waals surface area contributed by atoms with E-state index >= 15 is 0 Å². The Balaban J connectivity index is 2.25. The molecule has 0 spiro atoms. The summed E-state index contributed by atoms with van der Waals surface area (Å²) in [5, 5.41) is 8.49. The molecule has 1 fully saturated rings. The molecule has 0 atom stereocenters. The maximum atomic E-state index is 8.49. The number of likely N-dealkylation sites (tertiary alicyclic amines) is 1. The molecule has 2 heteroatoms. The van der Waals surface area contributed by atoms with Crippen LogP contribution >= 0.6 is 0 Å². The van der Waals surface area contributed by atoms with Crippen LogP contribution in [0.25, 0.3) is 0 Å². The highest BCUT2D eigenvalue weighted by Gasteiger charge is 2.09. The molecule has 1 aliphatic rings. The summed E-state index contributed by atoms with van der Waals surface area (Å²) >= 11 is 0. The molecule has 0 aromatic carbocycles. The number of hydrogen-bond acceptors (Lipinski definition) is 2. The van der Waals surface area contributed by atoms with Crippen molar-refractivity contribution in [3.8, 4) is 6.07 Å². The summed E-state index contributed by atoms with van der Waals surface area (Å²) in [5.74, 6) is 0. The zero-order valence-corrected chi connectivity index (χ0v) is 6.84. The maximum Gasteiger partial charge on any atom is 0.0954 e. The molecule has 0 aliphatic carbocycles. The van der Waals surface area contributed by atoms with Gasteiger partial charge in [-0.1, -0.05) is 13.0 Å². The Morgan fingerprint density at radius 2 is 2.00 bits per heavy atom. The third-order valence-corrected chi connectivity index (χ3v) is 2.02. The van der Waals surface area contributed by atoms with Crippen molar-refractivity contribution < 1.29 is 0 Å². The van der Waals surface area contributed by atoms with Gasteiger partial charge >= 0.3 is 0 Å². The van der Waals surface area contributed by atoms with Crippen molar-refractivity contribution in [2.45, 2.75) is 19.3 Å². The summed E-state index contributed by atoms with van der Waals surface area (Å²) in [7, 11) is 0. The molecule has 0 amide bonds. The van der Waals surface area contributed by atoms with Gasteiger partial charge < -0.3 is 0 Å². The van der Waals surface area contributed by atoms with Crippen LogP contribution in [0.2, 0.25) is 0 Å². The van der Waals surface area contributed by atoms with Crippen molar-refractivity contribution in [2.75, 3.05) is 19.6 Å². The smallest absolute Gasteiger partial charge is 0.0954 e. The second-order valence-corrected chi connectivity index (χ2v) is 3.05. The molecule has 0 unspecified atom stereocenters. The Hall–Kier alpha value is -0.810. The van der Waals surface area contributed by atoms with Gasteiger partial charge in [0.05, 0.1) is 6.07 Å². The SMILES string of the molecule is C=C(C#N)CN1CCCCC1. The van der Waals surface area contributed by atoms with Gasteiger partial charge in [-0.2, -0.15) is 5.26 Å². The Bertz CT molecular complexity index is 172. The second kappa shape index (κ2) is 4.15. The quantitative estimate of drug-likeness (QED) is 0.558. The third-order valence-electron chi connectivity index (χ3n) is 2.02. The van der Waals surface area contributed by atoms with E-state index in [4.69, 9.17) is 5.26 Å². The summed E-state index contributed by atoms with van der Waals surface area (Å²) in [5.41, 5.74) is 0.687. The number of nitriles is 1. The standard InChI is InChI=1S/C9H14N2/c1-9(7-10)8-11-5-3-2-4-6-11/h1-6,8H2. The van der Waals surface area contributed by atoms with E-state index in [0.717, 1.165) is 19.6 Å². The fraction of sp³-hybridized carbons (Fsp3) is 0.667. The van der Waals surface area contributed by atoms with Gasteiger partial charge in [-0.25, -0.2) is 0 Å². The van der Waals surface area contributed by atoms with Crippen molar-refractivity contribution >= 4 is 0 Å². The Labute approximate surface area is 68.1 Å². The van der Waals surface area contributed by atoms with Gasteiger partial charge in [-0.05, 0) is 25.9 Å². The van der Waals surface area contributed by atoms with Gasteiger partial charge in [0.2, 0.25) is 0 Å². The van der Waals surface area contributed by atoms with Crippen LogP contribution in [0, 0.1) is 11.3 Å². The van der Waals surface area contributed by atoms with Gasteiger partial charge in [0.15, 0.2) is 0 Å². The van der Waals surface area contributed by atoms with Crippen molar-refractivity contribution in [3.63, 3.8) is 0 Å². The molecule has 2 nitrogen and oxygen atoms in total. The monoisotopic (exact) mass is 150 g/mol. The summed E-state index contributed by atoms with van der Waals surface area (Å²) in [6.07, 6.45) is 3.90. The third kappa shape index (κ3) is 2.73. The molecular formula is C9H14N2. The molecule has 0 saturated carbocycles. The predicted molar refractivity (Wildman–Crippen MR) is 45.0 cm³/mol. The zero-order valence-electron chi connectivity index (χ0n) is 6.84. The van der Waals surface area contributed by atoms with Crippen molar-refractivity contribution in [2.24, 2.45) is 0 Å². The Morgan fingerprint density at radius 1 is 1.36 bits per heavy atom. The van der Waals surface area contributed by atoms with Crippen LogP contribution in [0.5, 0.6) is 0 Å². The van der Waals surface area contributed by atoms with E-state index in [2.05, 4.69) is 17.5 Å². The summed E-state index contributed by atoms with van der Waals surface area (Å²) in [4.78, 5) is 2.30. The lowest BCUT2D eigenvalue weighted by Gasteiger charge is -2.25. The molecular weight excluding hydrogens is 136 g/mol. The lowest BCUT2D eigenvalue weighted by atomic mass is 10.1. The molecule has 11 heavy (non-hydrogen) atoms. The van der Waals surface area contributed by atoms with Gasteiger partial charge in [0, 0.05) is 12.1 Å². The second-order valence-electron chi connectivity index (χ2n) is 3.05. The molecule has 1 aliphatic heterocycles. The van der Waals surface area contributed by atoms with E-state index in [1.54, 1.807) is 0 Å². The average molecular weight is 150 g/mol. The molecule has 0 bridgehead atoms. The maximum absolute atomic E-state index is 8.49. The molecule has 60 valence electrons. The Morgan fingerprint density at radius 3 is 2.55 bits per heavy atom. The number of piperidine rings is 1. The van der Waals surface area contributed by atoms with E-state index in [1.165, 1.54) is 19.3 Å². The van der Waals surface area contributed by atoms with Crippen molar-refractivity contribution in [1.82, 2.24) is 4.90 Å². The van der Waals surface area contributed by atoms with Gasteiger partial charge in [0.1, 0.15) is 0 Å². The minimum atomic E-state index is 0.687. The highest BCUT2D eigenvalue weighted by molar-refractivity contribution is 5.17. The lowest BCUT2D eigenvalue weighted by molar-refractivity contribution is 0.248. The molecule has 0 N–H and O–H groups in total. The molecule has 0 aromatic rings. The number of nitrogens with zero attached hydrogens (tertiary/aromatic N) is 2. The van der Waals surface area contributed by atoms with Gasteiger partial charge in [0.25, 0.3) is 0 Å². The fourth-order valence-corrected chi connectivity index (χ4v) is 1.42. The summed E-state index contributed by atoms with van der Waals surface area (Å²) in [6, 6.07) is 2.08. The highest BCUT2D eigenvalue weighted by Crippen LogP contribution is 2.09.